The lowest BCUT2D eigenvalue weighted by atomic mass is 10.1. The normalized spacial score (nSPS) is 12.9. The Balaban J connectivity index is 2.17. The Labute approximate surface area is 144 Å². The number of benzene rings is 1. The highest BCUT2D eigenvalue weighted by Crippen LogP contribution is 2.31. The molecular weight excluding hydrogens is 333 g/mol. The van der Waals surface area contributed by atoms with E-state index in [0.29, 0.717) is 24.4 Å². The van der Waals surface area contributed by atoms with Gasteiger partial charge in [0, 0.05) is 24.7 Å². The average molecular weight is 354 g/mol. The van der Waals surface area contributed by atoms with E-state index in [1.165, 1.54) is 18.2 Å². The molecule has 0 unspecified atom stereocenters. The SMILES string of the molecule is CC[C@H](N)CN(CC)C(=O)c1ccc(-c2ccc(C(F)(F)F)cc2)o1. The van der Waals surface area contributed by atoms with Crippen LogP contribution >= 0.6 is 0 Å². The van der Waals surface area contributed by atoms with Crippen molar-refractivity contribution in [3.63, 3.8) is 0 Å². The van der Waals surface area contributed by atoms with Crippen molar-refractivity contribution in [2.75, 3.05) is 13.1 Å². The number of carbonyl (C=O) groups is 1. The first-order chi connectivity index (χ1) is 11.8. The number of amides is 1. The molecule has 0 spiro atoms. The lowest BCUT2D eigenvalue weighted by Crippen LogP contribution is -2.40. The second-order valence-corrected chi connectivity index (χ2v) is 5.75. The molecule has 0 saturated carbocycles. The van der Waals surface area contributed by atoms with E-state index >= 15 is 0 Å². The van der Waals surface area contributed by atoms with Crippen LogP contribution in [-0.2, 0) is 6.18 Å². The Morgan fingerprint density at radius 3 is 2.32 bits per heavy atom. The Morgan fingerprint density at radius 2 is 1.80 bits per heavy atom. The van der Waals surface area contributed by atoms with Gasteiger partial charge in [-0.25, -0.2) is 0 Å². The quantitative estimate of drug-likeness (QED) is 0.847. The highest BCUT2D eigenvalue weighted by molar-refractivity contribution is 5.92. The fourth-order valence-corrected chi connectivity index (χ4v) is 2.36. The highest BCUT2D eigenvalue weighted by atomic mass is 19.4. The molecular formula is C18H21F3N2O2. The molecule has 1 amide bonds. The van der Waals surface area contributed by atoms with E-state index in [1.54, 1.807) is 11.0 Å². The minimum absolute atomic E-state index is 0.117. The van der Waals surface area contributed by atoms with E-state index in [-0.39, 0.29) is 17.7 Å². The average Bonchev–Trinajstić information content (AvgIpc) is 3.08. The second kappa shape index (κ2) is 7.74. The van der Waals surface area contributed by atoms with Crippen LogP contribution in [-0.4, -0.2) is 29.9 Å². The summed E-state index contributed by atoms with van der Waals surface area (Å²) in [5, 5.41) is 0. The molecule has 0 aliphatic carbocycles. The summed E-state index contributed by atoms with van der Waals surface area (Å²) in [5.41, 5.74) is 5.64. The van der Waals surface area contributed by atoms with Crippen LogP contribution in [0.25, 0.3) is 11.3 Å². The van der Waals surface area contributed by atoms with Crippen LogP contribution in [0.1, 0.15) is 36.4 Å². The monoisotopic (exact) mass is 354 g/mol. The van der Waals surface area contributed by atoms with Crippen LogP contribution in [0.4, 0.5) is 13.2 Å². The van der Waals surface area contributed by atoms with E-state index in [1.807, 2.05) is 13.8 Å². The van der Waals surface area contributed by atoms with Crippen LogP contribution in [0.3, 0.4) is 0 Å². The van der Waals surface area contributed by atoms with Crippen molar-refractivity contribution < 1.29 is 22.4 Å². The smallest absolute Gasteiger partial charge is 0.416 e. The summed E-state index contributed by atoms with van der Waals surface area (Å²) in [5.74, 6) is 0.192. The van der Waals surface area contributed by atoms with Gasteiger partial charge in [0.25, 0.3) is 5.91 Å². The number of carbonyl (C=O) groups excluding carboxylic acids is 1. The summed E-state index contributed by atoms with van der Waals surface area (Å²) >= 11 is 0. The molecule has 1 aromatic carbocycles. The molecule has 0 radical (unpaired) electrons. The Bertz CT molecular complexity index is 708. The maximum absolute atomic E-state index is 12.6. The van der Waals surface area contributed by atoms with Crippen LogP contribution in [0.5, 0.6) is 0 Å². The third-order valence-electron chi connectivity index (χ3n) is 3.96. The third kappa shape index (κ3) is 4.63. The molecule has 1 aromatic heterocycles. The summed E-state index contributed by atoms with van der Waals surface area (Å²) in [6, 6.07) is 7.59. The summed E-state index contributed by atoms with van der Waals surface area (Å²) in [4.78, 5) is 14.1. The molecule has 0 bridgehead atoms. The van der Waals surface area contributed by atoms with Crippen LogP contribution < -0.4 is 5.73 Å². The highest BCUT2D eigenvalue weighted by Gasteiger charge is 2.30. The lowest BCUT2D eigenvalue weighted by Gasteiger charge is -2.22. The summed E-state index contributed by atoms with van der Waals surface area (Å²) in [6.07, 6.45) is -3.64. The Hall–Kier alpha value is -2.28. The number of halogens is 3. The van der Waals surface area contributed by atoms with Gasteiger partial charge in [0.05, 0.1) is 5.56 Å². The largest absolute Gasteiger partial charge is 0.451 e. The summed E-state index contributed by atoms with van der Waals surface area (Å²) < 4.78 is 43.4. The number of alkyl halides is 3. The summed E-state index contributed by atoms with van der Waals surface area (Å²) in [7, 11) is 0. The van der Waals surface area contributed by atoms with Gasteiger partial charge in [-0.2, -0.15) is 13.2 Å². The van der Waals surface area contributed by atoms with Crippen molar-refractivity contribution in [2.24, 2.45) is 5.73 Å². The lowest BCUT2D eigenvalue weighted by molar-refractivity contribution is -0.137. The van der Waals surface area contributed by atoms with Gasteiger partial charge >= 0.3 is 6.18 Å². The van der Waals surface area contributed by atoms with Crippen molar-refractivity contribution in [1.29, 1.82) is 0 Å². The topological polar surface area (TPSA) is 59.5 Å². The summed E-state index contributed by atoms with van der Waals surface area (Å²) in [6.45, 7) is 4.70. The zero-order valence-corrected chi connectivity index (χ0v) is 14.1. The fourth-order valence-electron chi connectivity index (χ4n) is 2.36. The number of likely N-dealkylation sites (N-methyl/N-ethyl adjacent to an activating group) is 1. The molecule has 1 atom stereocenters. The molecule has 0 aliphatic rings. The first-order valence-electron chi connectivity index (χ1n) is 8.08. The van der Waals surface area contributed by atoms with Crippen molar-refractivity contribution in [3.8, 4) is 11.3 Å². The molecule has 2 aromatic rings. The molecule has 0 aliphatic heterocycles. The number of rotatable bonds is 6. The standard InChI is InChI=1S/C18H21F3N2O2/c1-3-14(22)11-23(4-2)17(24)16-10-9-15(25-16)12-5-7-13(8-6-12)18(19,20)21/h5-10,14H,3-4,11,22H2,1-2H3/t14-/m0/s1. The predicted octanol–water partition coefficient (Wildman–Crippen LogP) is 4.16. The molecule has 25 heavy (non-hydrogen) atoms. The van der Waals surface area contributed by atoms with E-state index in [4.69, 9.17) is 10.2 Å². The van der Waals surface area contributed by atoms with Gasteiger partial charge in [0.2, 0.25) is 0 Å². The zero-order valence-electron chi connectivity index (χ0n) is 14.1. The molecule has 2 N–H and O–H groups in total. The first-order valence-corrected chi connectivity index (χ1v) is 8.08. The second-order valence-electron chi connectivity index (χ2n) is 5.75. The molecule has 0 saturated heterocycles. The molecule has 0 fully saturated rings. The molecule has 7 heteroatoms. The van der Waals surface area contributed by atoms with Gasteiger partial charge in [-0.3, -0.25) is 4.79 Å². The van der Waals surface area contributed by atoms with E-state index in [2.05, 4.69) is 0 Å². The van der Waals surface area contributed by atoms with E-state index < -0.39 is 11.7 Å². The van der Waals surface area contributed by atoms with Gasteiger partial charge in [-0.1, -0.05) is 19.1 Å². The molecule has 1 heterocycles. The van der Waals surface area contributed by atoms with Crippen molar-refractivity contribution in [1.82, 2.24) is 4.90 Å². The van der Waals surface area contributed by atoms with Crippen molar-refractivity contribution >= 4 is 5.91 Å². The predicted molar refractivity (Wildman–Crippen MR) is 89.0 cm³/mol. The van der Waals surface area contributed by atoms with Gasteiger partial charge < -0.3 is 15.1 Å². The third-order valence-corrected chi connectivity index (χ3v) is 3.96. The number of hydrogen-bond donors (Lipinski definition) is 1. The maximum atomic E-state index is 12.6. The van der Waals surface area contributed by atoms with Gasteiger partial charge in [0.1, 0.15) is 5.76 Å². The van der Waals surface area contributed by atoms with Crippen molar-refractivity contribution in [2.45, 2.75) is 32.5 Å². The number of furan rings is 1. The molecule has 2 rings (SSSR count). The van der Waals surface area contributed by atoms with Gasteiger partial charge in [0.15, 0.2) is 5.76 Å². The minimum atomic E-state index is -4.39. The Morgan fingerprint density at radius 1 is 1.16 bits per heavy atom. The Kier molecular flexibility index (Phi) is 5.89. The van der Waals surface area contributed by atoms with E-state index in [9.17, 15) is 18.0 Å². The zero-order chi connectivity index (χ0) is 18.6. The van der Waals surface area contributed by atoms with Crippen LogP contribution in [0.15, 0.2) is 40.8 Å². The fraction of sp³-hybridized carbons (Fsp3) is 0.389. The first kappa shape index (κ1) is 19.1. The number of nitrogens with zero attached hydrogens (tertiary/aromatic N) is 1. The van der Waals surface area contributed by atoms with Crippen LogP contribution in [0, 0.1) is 0 Å². The molecule has 136 valence electrons. The maximum Gasteiger partial charge on any atom is 0.416 e. The number of nitrogens with two attached hydrogens (primary N) is 1. The van der Waals surface area contributed by atoms with E-state index in [0.717, 1.165) is 18.6 Å². The number of hydrogen-bond acceptors (Lipinski definition) is 3. The minimum Gasteiger partial charge on any atom is -0.451 e. The van der Waals surface area contributed by atoms with Crippen molar-refractivity contribution in [3.05, 3.63) is 47.7 Å². The van der Waals surface area contributed by atoms with Gasteiger partial charge in [-0.05, 0) is 37.6 Å². The molecule has 4 nitrogen and oxygen atoms in total. The van der Waals surface area contributed by atoms with Crippen LogP contribution in [0.2, 0.25) is 0 Å². The van der Waals surface area contributed by atoms with Gasteiger partial charge in [-0.15, -0.1) is 0 Å².